The van der Waals surface area contributed by atoms with Gasteiger partial charge in [-0.05, 0) is 43.2 Å². The van der Waals surface area contributed by atoms with Gasteiger partial charge in [0.05, 0.1) is 5.92 Å². The van der Waals surface area contributed by atoms with E-state index in [0.29, 0.717) is 6.04 Å². The van der Waals surface area contributed by atoms with Crippen LogP contribution in [0.5, 0.6) is 0 Å². The van der Waals surface area contributed by atoms with Gasteiger partial charge in [-0.1, -0.05) is 24.3 Å². The first-order valence-electron chi connectivity index (χ1n) is 6.82. The molecule has 0 radical (unpaired) electrons. The molecule has 0 amide bonds. The summed E-state index contributed by atoms with van der Waals surface area (Å²) in [5.74, 6) is -0.832. The maximum absolute atomic E-state index is 11.0. The Morgan fingerprint density at radius 1 is 1.22 bits per heavy atom. The molecule has 0 spiro atoms. The number of carbonyl (C=O) groups is 1. The monoisotopic (exact) mass is 245 g/mol. The average Bonchev–Trinajstić information content (AvgIpc) is 2.34. The minimum absolute atomic E-state index is 0.165. The topological polar surface area (TPSA) is 49.3 Å². The Morgan fingerprint density at radius 2 is 2.06 bits per heavy atom. The summed E-state index contributed by atoms with van der Waals surface area (Å²) in [6.07, 6.45) is 5.29. The number of aliphatic carboxylic acids is 1. The fourth-order valence-electron chi connectivity index (χ4n) is 3.18. The van der Waals surface area contributed by atoms with Crippen LogP contribution >= 0.6 is 0 Å². The average molecular weight is 245 g/mol. The van der Waals surface area contributed by atoms with Crippen molar-refractivity contribution >= 4 is 5.97 Å². The van der Waals surface area contributed by atoms with E-state index in [0.717, 1.165) is 25.7 Å². The molecule has 1 fully saturated rings. The van der Waals surface area contributed by atoms with Crippen LogP contribution in [-0.4, -0.2) is 17.1 Å². The summed E-state index contributed by atoms with van der Waals surface area (Å²) in [5.41, 5.74) is 2.80. The SMILES string of the molecule is O=C(O)C1CCC1NC1CCCc2ccccc21. The van der Waals surface area contributed by atoms with Gasteiger partial charge in [0, 0.05) is 12.1 Å². The first kappa shape index (κ1) is 11.7. The van der Waals surface area contributed by atoms with Crippen LogP contribution in [0, 0.1) is 5.92 Å². The summed E-state index contributed by atoms with van der Waals surface area (Å²) in [7, 11) is 0. The van der Waals surface area contributed by atoms with Crippen molar-refractivity contribution in [2.75, 3.05) is 0 Å². The molecule has 3 unspecified atom stereocenters. The molecule has 1 saturated carbocycles. The number of carboxylic acid groups (broad SMARTS) is 1. The molecule has 3 atom stereocenters. The predicted octanol–water partition coefficient (Wildman–Crippen LogP) is 2.52. The summed E-state index contributed by atoms with van der Waals surface area (Å²) in [6, 6.07) is 9.05. The number of nitrogens with one attached hydrogen (secondary N) is 1. The lowest BCUT2D eigenvalue weighted by Crippen LogP contribution is -2.49. The van der Waals surface area contributed by atoms with Crippen molar-refractivity contribution in [1.82, 2.24) is 5.32 Å². The van der Waals surface area contributed by atoms with Crippen molar-refractivity contribution in [3.05, 3.63) is 35.4 Å². The molecule has 3 nitrogen and oxygen atoms in total. The molecule has 2 aliphatic rings. The Bertz CT molecular complexity index is 458. The molecule has 0 bridgehead atoms. The highest BCUT2D eigenvalue weighted by atomic mass is 16.4. The van der Waals surface area contributed by atoms with E-state index in [4.69, 9.17) is 5.11 Å². The molecule has 0 saturated heterocycles. The molecule has 2 N–H and O–H groups in total. The van der Waals surface area contributed by atoms with E-state index < -0.39 is 5.97 Å². The lowest BCUT2D eigenvalue weighted by molar-refractivity contribution is -0.146. The number of fused-ring (bicyclic) bond motifs is 1. The van der Waals surface area contributed by atoms with Gasteiger partial charge < -0.3 is 10.4 Å². The molecular formula is C15H19NO2. The Balaban J connectivity index is 1.73. The van der Waals surface area contributed by atoms with Crippen LogP contribution in [-0.2, 0) is 11.2 Å². The van der Waals surface area contributed by atoms with E-state index in [1.165, 1.54) is 17.5 Å². The molecule has 96 valence electrons. The Hall–Kier alpha value is -1.35. The van der Waals surface area contributed by atoms with Gasteiger partial charge >= 0.3 is 5.97 Å². The second-order valence-electron chi connectivity index (χ2n) is 5.44. The van der Waals surface area contributed by atoms with Crippen molar-refractivity contribution in [3.8, 4) is 0 Å². The molecule has 3 rings (SSSR count). The minimum Gasteiger partial charge on any atom is -0.481 e. The zero-order valence-electron chi connectivity index (χ0n) is 10.4. The highest BCUT2D eigenvalue weighted by Gasteiger charge is 2.38. The van der Waals surface area contributed by atoms with E-state index in [1.54, 1.807) is 0 Å². The third kappa shape index (κ3) is 2.03. The molecule has 18 heavy (non-hydrogen) atoms. The minimum atomic E-state index is -0.650. The molecule has 2 aliphatic carbocycles. The quantitative estimate of drug-likeness (QED) is 0.860. The van der Waals surface area contributed by atoms with Gasteiger partial charge in [-0.2, -0.15) is 0 Å². The maximum atomic E-state index is 11.0. The molecule has 0 heterocycles. The smallest absolute Gasteiger partial charge is 0.308 e. The van der Waals surface area contributed by atoms with E-state index in [-0.39, 0.29) is 12.0 Å². The van der Waals surface area contributed by atoms with E-state index in [9.17, 15) is 4.79 Å². The van der Waals surface area contributed by atoms with E-state index in [1.807, 2.05) is 0 Å². The predicted molar refractivity (Wildman–Crippen MR) is 69.4 cm³/mol. The lowest BCUT2D eigenvalue weighted by Gasteiger charge is -2.39. The van der Waals surface area contributed by atoms with Crippen LogP contribution in [0.4, 0.5) is 0 Å². The number of hydrogen-bond acceptors (Lipinski definition) is 2. The van der Waals surface area contributed by atoms with Crippen molar-refractivity contribution in [2.45, 2.75) is 44.2 Å². The first-order chi connectivity index (χ1) is 8.75. The van der Waals surface area contributed by atoms with Gasteiger partial charge in [0.1, 0.15) is 0 Å². The molecule has 3 heteroatoms. The standard InChI is InChI=1S/C15H19NO2/c17-15(18)12-8-9-14(12)16-13-7-3-5-10-4-1-2-6-11(10)13/h1-2,4,6,12-14,16H,3,5,7-9H2,(H,17,18). The van der Waals surface area contributed by atoms with Crippen LogP contribution < -0.4 is 5.32 Å². The Labute approximate surface area is 107 Å². The van der Waals surface area contributed by atoms with Crippen LogP contribution in [0.15, 0.2) is 24.3 Å². The van der Waals surface area contributed by atoms with Crippen LogP contribution in [0.2, 0.25) is 0 Å². The van der Waals surface area contributed by atoms with Crippen LogP contribution in [0.3, 0.4) is 0 Å². The van der Waals surface area contributed by atoms with Gasteiger partial charge in [0.15, 0.2) is 0 Å². The lowest BCUT2D eigenvalue weighted by atomic mass is 9.78. The van der Waals surface area contributed by atoms with Crippen molar-refractivity contribution in [3.63, 3.8) is 0 Å². The van der Waals surface area contributed by atoms with Crippen molar-refractivity contribution in [2.24, 2.45) is 5.92 Å². The number of hydrogen-bond donors (Lipinski definition) is 2. The molecule has 1 aromatic carbocycles. The zero-order valence-corrected chi connectivity index (χ0v) is 10.4. The third-order valence-electron chi connectivity index (χ3n) is 4.38. The highest BCUT2D eigenvalue weighted by molar-refractivity contribution is 5.72. The summed E-state index contributed by atoms with van der Waals surface area (Å²) in [5, 5.41) is 12.7. The summed E-state index contributed by atoms with van der Waals surface area (Å²) in [6.45, 7) is 0. The Morgan fingerprint density at radius 3 is 2.78 bits per heavy atom. The molecule has 0 aliphatic heterocycles. The summed E-state index contributed by atoms with van der Waals surface area (Å²) in [4.78, 5) is 11.0. The third-order valence-corrected chi connectivity index (χ3v) is 4.38. The zero-order chi connectivity index (χ0) is 12.5. The second-order valence-corrected chi connectivity index (χ2v) is 5.44. The fraction of sp³-hybridized carbons (Fsp3) is 0.533. The van der Waals surface area contributed by atoms with Gasteiger partial charge in [-0.15, -0.1) is 0 Å². The largest absolute Gasteiger partial charge is 0.481 e. The number of aryl methyl sites for hydroxylation is 1. The summed E-state index contributed by atoms with van der Waals surface area (Å²) < 4.78 is 0. The first-order valence-corrected chi connectivity index (χ1v) is 6.82. The van der Waals surface area contributed by atoms with Gasteiger partial charge in [0.25, 0.3) is 0 Å². The molecular weight excluding hydrogens is 226 g/mol. The number of carboxylic acids is 1. The normalized spacial score (nSPS) is 30.3. The van der Waals surface area contributed by atoms with E-state index in [2.05, 4.69) is 29.6 Å². The Kier molecular flexibility index (Phi) is 3.08. The fourth-order valence-corrected chi connectivity index (χ4v) is 3.18. The molecule has 0 aromatic heterocycles. The van der Waals surface area contributed by atoms with Crippen molar-refractivity contribution < 1.29 is 9.90 Å². The maximum Gasteiger partial charge on any atom is 0.308 e. The van der Waals surface area contributed by atoms with E-state index >= 15 is 0 Å². The number of benzene rings is 1. The molecule has 1 aromatic rings. The van der Waals surface area contributed by atoms with Gasteiger partial charge in [0.2, 0.25) is 0 Å². The second kappa shape index (κ2) is 4.73. The van der Waals surface area contributed by atoms with Gasteiger partial charge in [-0.3, -0.25) is 4.79 Å². The van der Waals surface area contributed by atoms with Crippen LogP contribution in [0.1, 0.15) is 42.9 Å². The number of rotatable bonds is 3. The highest BCUT2D eigenvalue weighted by Crippen LogP contribution is 2.34. The van der Waals surface area contributed by atoms with Crippen LogP contribution in [0.25, 0.3) is 0 Å². The summed E-state index contributed by atoms with van der Waals surface area (Å²) >= 11 is 0. The van der Waals surface area contributed by atoms with Gasteiger partial charge in [-0.25, -0.2) is 0 Å². The van der Waals surface area contributed by atoms with Crippen molar-refractivity contribution in [1.29, 1.82) is 0 Å².